The molecule has 0 aromatic heterocycles. The van der Waals surface area contributed by atoms with Gasteiger partial charge in [-0.15, -0.1) is 0 Å². The van der Waals surface area contributed by atoms with Crippen molar-refractivity contribution in [2.24, 2.45) is 11.7 Å². The average molecular weight is 314 g/mol. The van der Waals surface area contributed by atoms with Crippen LogP contribution in [-0.2, 0) is 6.61 Å². The molecule has 2 unspecified atom stereocenters. The Hall–Kier alpha value is -1.91. The van der Waals surface area contributed by atoms with Crippen LogP contribution in [0.1, 0.15) is 23.6 Å². The zero-order valence-electron chi connectivity index (χ0n) is 13.4. The van der Waals surface area contributed by atoms with Crippen molar-refractivity contribution >= 4 is 0 Å². The normalized spacial score (nSPS) is 21.5. The van der Waals surface area contributed by atoms with E-state index in [1.807, 2.05) is 36.4 Å². The highest BCUT2D eigenvalue weighted by atomic mass is 19.1. The van der Waals surface area contributed by atoms with Gasteiger partial charge in [0, 0.05) is 12.6 Å². The van der Waals surface area contributed by atoms with Crippen LogP contribution in [0.3, 0.4) is 0 Å². The van der Waals surface area contributed by atoms with E-state index < -0.39 is 0 Å². The molecule has 0 saturated carbocycles. The van der Waals surface area contributed by atoms with Gasteiger partial charge in [-0.05, 0) is 49.2 Å². The summed E-state index contributed by atoms with van der Waals surface area (Å²) in [4.78, 5) is 2.25. The Balaban J connectivity index is 1.68. The minimum absolute atomic E-state index is 0.237. The van der Waals surface area contributed by atoms with Crippen LogP contribution in [0.2, 0.25) is 0 Å². The van der Waals surface area contributed by atoms with Crippen LogP contribution in [-0.4, -0.2) is 25.0 Å². The van der Waals surface area contributed by atoms with Crippen molar-refractivity contribution in [3.63, 3.8) is 0 Å². The predicted octanol–water partition coefficient (Wildman–Crippen LogP) is 3.36. The first-order valence-electron chi connectivity index (χ1n) is 8.04. The number of hydrogen-bond acceptors (Lipinski definition) is 3. The largest absolute Gasteiger partial charge is 0.486 e. The lowest BCUT2D eigenvalue weighted by Gasteiger charge is -2.20. The lowest BCUT2D eigenvalue weighted by molar-refractivity contribution is 0.287. The van der Waals surface area contributed by atoms with Crippen LogP contribution in [0, 0.1) is 11.7 Å². The maximum Gasteiger partial charge on any atom is 0.165 e. The summed E-state index contributed by atoms with van der Waals surface area (Å²) in [5.74, 6) is 0.485. The van der Waals surface area contributed by atoms with E-state index >= 15 is 0 Å². The fourth-order valence-electron chi connectivity index (χ4n) is 3.24. The Labute approximate surface area is 136 Å². The van der Waals surface area contributed by atoms with Crippen LogP contribution in [0.4, 0.5) is 4.39 Å². The number of rotatable bonds is 5. The molecule has 0 aliphatic carbocycles. The lowest BCUT2D eigenvalue weighted by Crippen LogP contribution is -2.20. The smallest absolute Gasteiger partial charge is 0.165 e. The SMILES string of the molecule is CN1CC(CN)CC1c1ccc(OCc2ccccc2)c(F)c1. The zero-order chi connectivity index (χ0) is 16.2. The van der Waals surface area contributed by atoms with Gasteiger partial charge in [0.2, 0.25) is 0 Å². The highest BCUT2D eigenvalue weighted by Gasteiger charge is 2.30. The molecule has 0 amide bonds. The molecular formula is C19H23FN2O. The molecule has 122 valence electrons. The Kier molecular flexibility index (Phi) is 4.94. The van der Waals surface area contributed by atoms with Crippen LogP contribution >= 0.6 is 0 Å². The fraction of sp³-hybridized carbons (Fsp3) is 0.368. The van der Waals surface area contributed by atoms with E-state index in [9.17, 15) is 4.39 Å². The summed E-state index contributed by atoms with van der Waals surface area (Å²) in [6.45, 7) is 2.02. The lowest BCUT2D eigenvalue weighted by atomic mass is 10.00. The highest BCUT2D eigenvalue weighted by molar-refractivity contribution is 5.32. The topological polar surface area (TPSA) is 38.5 Å². The summed E-state index contributed by atoms with van der Waals surface area (Å²) in [6, 6.07) is 15.3. The molecule has 3 nitrogen and oxygen atoms in total. The van der Waals surface area contributed by atoms with E-state index in [-0.39, 0.29) is 11.9 Å². The first kappa shape index (κ1) is 16.0. The summed E-state index contributed by atoms with van der Waals surface area (Å²) in [6.07, 6.45) is 0.983. The van der Waals surface area contributed by atoms with Gasteiger partial charge in [0.15, 0.2) is 11.6 Å². The van der Waals surface area contributed by atoms with Gasteiger partial charge < -0.3 is 10.5 Å². The number of likely N-dealkylation sites (tertiary alicyclic amines) is 1. The highest BCUT2D eigenvalue weighted by Crippen LogP contribution is 2.35. The van der Waals surface area contributed by atoms with Crippen LogP contribution in [0.25, 0.3) is 0 Å². The van der Waals surface area contributed by atoms with E-state index in [0.717, 1.165) is 24.1 Å². The van der Waals surface area contributed by atoms with Gasteiger partial charge in [-0.1, -0.05) is 36.4 Å². The molecule has 2 N–H and O–H groups in total. The van der Waals surface area contributed by atoms with Crippen LogP contribution in [0.5, 0.6) is 5.75 Å². The van der Waals surface area contributed by atoms with E-state index in [1.165, 1.54) is 0 Å². The Bertz CT molecular complexity index is 647. The summed E-state index contributed by atoms with van der Waals surface area (Å²) in [5.41, 5.74) is 7.78. The molecule has 2 aromatic carbocycles. The standard InChI is InChI=1S/C19H23FN2O/c1-22-12-15(11-21)9-18(22)16-7-8-19(17(20)10-16)23-13-14-5-3-2-4-6-14/h2-8,10,15,18H,9,11-13,21H2,1H3. The monoisotopic (exact) mass is 314 g/mol. The van der Waals surface area contributed by atoms with Crippen LogP contribution in [0.15, 0.2) is 48.5 Å². The molecule has 1 aliphatic rings. The molecule has 0 spiro atoms. The molecule has 0 radical (unpaired) electrons. The third-order valence-corrected chi connectivity index (χ3v) is 4.55. The quantitative estimate of drug-likeness (QED) is 0.920. The van der Waals surface area contributed by atoms with E-state index in [0.29, 0.717) is 24.8 Å². The van der Waals surface area contributed by atoms with Crippen LogP contribution < -0.4 is 10.5 Å². The Morgan fingerprint density at radius 1 is 1.22 bits per heavy atom. The van der Waals surface area contributed by atoms with Crippen molar-refractivity contribution in [2.45, 2.75) is 19.1 Å². The molecule has 1 saturated heterocycles. The second kappa shape index (κ2) is 7.11. The maximum atomic E-state index is 14.3. The van der Waals surface area contributed by atoms with Gasteiger partial charge in [-0.3, -0.25) is 4.90 Å². The van der Waals surface area contributed by atoms with Crippen molar-refractivity contribution in [3.8, 4) is 5.75 Å². The molecule has 23 heavy (non-hydrogen) atoms. The first-order valence-corrected chi connectivity index (χ1v) is 8.04. The summed E-state index contributed by atoms with van der Waals surface area (Å²) in [7, 11) is 2.07. The molecular weight excluding hydrogens is 291 g/mol. The fourth-order valence-corrected chi connectivity index (χ4v) is 3.24. The predicted molar refractivity (Wildman–Crippen MR) is 89.7 cm³/mol. The van der Waals surface area contributed by atoms with Crippen molar-refractivity contribution in [1.29, 1.82) is 0 Å². The van der Waals surface area contributed by atoms with Gasteiger partial charge in [0.1, 0.15) is 6.61 Å². The minimum atomic E-state index is -0.303. The molecule has 1 aliphatic heterocycles. The van der Waals surface area contributed by atoms with Crippen molar-refractivity contribution < 1.29 is 9.13 Å². The van der Waals surface area contributed by atoms with Crippen molar-refractivity contribution in [3.05, 3.63) is 65.5 Å². The third-order valence-electron chi connectivity index (χ3n) is 4.55. The second-order valence-corrected chi connectivity index (χ2v) is 6.26. The summed E-state index contributed by atoms with van der Waals surface area (Å²) in [5, 5.41) is 0. The second-order valence-electron chi connectivity index (χ2n) is 6.26. The number of benzene rings is 2. The maximum absolute atomic E-state index is 14.3. The Morgan fingerprint density at radius 3 is 2.65 bits per heavy atom. The number of nitrogens with two attached hydrogens (primary N) is 1. The molecule has 0 bridgehead atoms. The molecule has 1 heterocycles. The van der Waals surface area contributed by atoms with Crippen molar-refractivity contribution in [1.82, 2.24) is 4.90 Å². The first-order chi connectivity index (χ1) is 11.2. The number of nitrogens with zero attached hydrogens (tertiary/aromatic N) is 1. The number of halogens is 1. The summed E-state index contributed by atoms with van der Waals surface area (Å²) >= 11 is 0. The molecule has 4 heteroatoms. The van der Waals surface area contributed by atoms with Gasteiger partial charge in [0.25, 0.3) is 0 Å². The average Bonchev–Trinajstić information content (AvgIpc) is 2.96. The molecule has 2 atom stereocenters. The number of ether oxygens (including phenoxy) is 1. The van der Waals surface area contributed by atoms with E-state index in [1.54, 1.807) is 12.1 Å². The van der Waals surface area contributed by atoms with Crippen molar-refractivity contribution in [2.75, 3.05) is 20.1 Å². The Morgan fingerprint density at radius 2 is 2.00 bits per heavy atom. The van der Waals surface area contributed by atoms with E-state index in [4.69, 9.17) is 10.5 Å². The molecule has 1 fully saturated rings. The van der Waals surface area contributed by atoms with Gasteiger partial charge in [-0.25, -0.2) is 4.39 Å². The van der Waals surface area contributed by atoms with Gasteiger partial charge in [0.05, 0.1) is 0 Å². The minimum Gasteiger partial charge on any atom is -0.486 e. The third kappa shape index (κ3) is 3.71. The van der Waals surface area contributed by atoms with Gasteiger partial charge >= 0.3 is 0 Å². The van der Waals surface area contributed by atoms with Gasteiger partial charge in [-0.2, -0.15) is 0 Å². The number of hydrogen-bond donors (Lipinski definition) is 1. The molecule has 3 rings (SSSR count). The molecule has 2 aromatic rings. The summed E-state index contributed by atoms with van der Waals surface area (Å²) < 4.78 is 19.9. The van der Waals surface area contributed by atoms with E-state index in [2.05, 4.69) is 11.9 Å². The zero-order valence-corrected chi connectivity index (χ0v) is 13.4.